The standard InChI is InChI=1S/C22H28N4O/c1-14(2)15(3)11-21-22(23-5)25-12-17(27-21)10-16(4)20-13-24-18-8-6-7-9-19(18)26-20/h6-9,11,13-14,16-17,25H,5,10,12H2,1-4H3/b15-11+/t16-,17?/m0/s1. The number of ether oxygens (including phenoxy) is 1. The Bertz CT molecular complexity index is 885. The van der Waals surface area contributed by atoms with Crippen molar-refractivity contribution < 1.29 is 4.74 Å². The first-order valence-corrected chi connectivity index (χ1v) is 9.49. The molecule has 0 aliphatic carbocycles. The van der Waals surface area contributed by atoms with Gasteiger partial charge in [-0.3, -0.25) is 4.98 Å². The Morgan fingerprint density at radius 2 is 2.07 bits per heavy atom. The summed E-state index contributed by atoms with van der Waals surface area (Å²) in [5.74, 6) is 2.18. The average molecular weight is 364 g/mol. The second-order valence-electron chi connectivity index (χ2n) is 7.46. The van der Waals surface area contributed by atoms with Crippen LogP contribution in [-0.4, -0.2) is 29.3 Å². The van der Waals surface area contributed by atoms with Crippen molar-refractivity contribution in [3.05, 3.63) is 59.4 Å². The van der Waals surface area contributed by atoms with E-state index in [2.05, 4.69) is 55.8 Å². The van der Waals surface area contributed by atoms with Gasteiger partial charge in [0.05, 0.1) is 23.3 Å². The van der Waals surface area contributed by atoms with Crippen molar-refractivity contribution in [2.24, 2.45) is 10.9 Å². The number of aliphatic imine (C=N–C) groups is 1. The predicted molar refractivity (Wildman–Crippen MR) is 111 cm³/mol. The first-order chi connectivity index (χ1) is 13.0. The Morgan fingerprint density at radius 1 is 1.33 bits per heavy atom. The van der Waals surface area contributed by atoms with Crippen molar-refractivity contribution in [1.29, 1.82) is 0 Å². The lowest BCUT2D eigenvalue weighted by molar-refractivity contribution is 0.0928. The summed E-state index contributed by atoms with van der Waals surface area (Å²) >= 11 is 0. The van der Waals surface area contributed by atoms with Gasteiger partial charge in [-0.2, -0.15) is 0 Å². The SMILES string of the molecule is C=NC1=C(/C=C(\C)C(C)C)OC(C[C@H](C)c2cnc3ccccc3n2)CN1. The Kier molecular flexibility index (Phi) is 5.89. The zero-order valence-electron chi connectivity index (χ0n) is 16.6. The van der Waals surface area contributed by atoms with E-state index >= 15 is 0 Å². The number of benzene rings is 1. The van der Waals surface area contributed by atoms with E-state index in [0.717, 1.165) is 28.9 Å². The molecule has 1 aliphatic heterocycles. The molecule has 3 rings (SSSR count). The molecule has 5 nitrogen and oxygen atoms in total. The van der Waals surface area contributed by atoms with Crippen molar-refractivity contribution in [2.75, 3.05) is 6.54 Å². The molecular formula is C22H28N4O. The summed E-state index contributed by atoms with van der Waals surface area (Å²) in [6.45, 7) is 13.0. The fourth-order valence-electron chi connectivity index (χ4n) is 3.04. The maximum absolute atomic E-state index is 6.25. The van der Waals surface area contributed by atoms with Crippen LogP contribution in [0.1, 0.15) is 45.7 Å². The topological polar surface area (TPSA) is 59.4 Å². The Labute approximate surface area is 161 Å². The van der Waals surface area contributed by atoms with E-state index in [4.69, 9.17) is 9.72 Å². The molecule has 142 valence electrons. The van der Waals surface area contributed by atoms with Gasteiger partial charge in [0.15, 0.2) is 11.6 Å². The fourth-order valence-corrected chi connectivity index (χ4v) is 3.04. The van der Waals surface area contributed by atoms with Crippen LogP contribution < -0.4 is 5.32 Å². The Morgan fingerprint density at radius 3 is 2.78 bits per heavy atom. The lowest BCUT2D eigenvalue weighted by Crippen LogP contribution is -2.35. The molecular weight excluding hydrogens is 336 g/mol. The monoisotopic (exact) mass is 364 g/mol. The van der Waals surface area contributed by atoms with E-state index in [1.807, 2.05) is 30.5 Å². The minimum atomic E-state index is 0.0463. The van der Waals surface area contributed by atoms with E-state index in [1.165, 1.54) is 5.57 Å². The Balaban J connectivity index is 1.74. The molecule has 27 heavy (non-hydrogen) atoms. The van der Waals surface area contributed by atoms with E-state index in [-0.39, 0.29) is 12.0 Å². The number of nitrogens with one attached hydrogen (secondary N) is 1. The highest BCUT2D eigenvalue weighted by atomic mass is 16.5. The van der Waals surface area contributed by atoms with Gasteiger partial charge in [0, 0.05) is 12.1 Å². The molecule has 0 bridgehead atoms. The third kappa shape index (κ3) is 4.54. The number of hydrogen-bond acceptors (Lipinski definition) is 5. The van der Waals surface area contributed by atoms with E-state index in [1.54, 1.807) is 0 Å². The van der Waals surface area contributed by atoms with Crippen molar-refractivity contribution in [1.82, 2.24) is 15.3 Å². The summed E-state index contributed by atoms with van der Waals surface area (Å²) in [5, 5.41) is 3.34. The molecule has 1 N–H and O–H groups in total. The van der Waals surface area contributed by atoms with E-state index in [0.29, 0.717) is 18.3 Å². The number of nitrogens with zero attached hydrogens (tertiary/aromatic N) is 3. The van der Waals surface area contributed by atoms with Gasteiger partial charge in [0.1, 0.15) is 6.10 Å². The second-order valence-corrected chi connectivity index (χ2v) is 7.46. The molecule has 1 aliphatic rings. The van der Waals surface area contributed by atoms with Gasteiger partial charge in [0.25, 0.3) is 0 Å². The molecule has 0 spiro atoms. The van der Waals surface area contributed by atoms with Crippen LogP contribution in [0.3, 0.4) is 0 Å². The van der Waals surface area contributed by atoms with Gasteiger partial charge in [-0.25, -0.2) is 9.98 Å². The number of hydrogen-bond donors (Lipinski definition) is 1. The van der Waals surface area contributed by atoms with E-state index in [9.17, 15) is 0 Å². The minimum Gasteiger partial charge on any atom is -0.485 e. The number of aromatic nitrogens is 2. The van der Waals surface area contributed by atoms with Crippen molar-refractivity contribution in [3.63, 3.8) is 0 Å². The van der Waals surface area contributed by atoms with E-state index < -0.39 is 0 Å². The van der Waals surface area contributed by atoms with Crippen LogP contribution in [0.5, 0.6) is 0 Å². The molecule has 2 heterocycles. The molecule has 2 atom stereocenters. The largest absolute Gasteiger partial charge is 0.485 e. The first-order valence-electron chi connectivity index (χ1n) is 9.49. The molecule has 0 radical (unpaired) electrons. The number of allylic oxidation sites excluding steroid dienone is 2. The number of rotatable bonds is 6. The van der Waals surface area contributed by atoms with Gasteiger partial charge in [-0.05, 0) is 44.2 Å². The summed E-state index contributed by atoms with van der Waals surface area (Å²) in [6, 6.07) is 7.95. The summed E-state index contributed by atoms with van der Waals surface area (Å²) in [4.78, 5) is 13.4. The highest BCUT2D eigenvalue weighted by Gasteiger charge is 2.24. The van der Waals surface area contributed by atoms with Gasteiger partial charge in [-0.15, -0.1) is 0 Å². The quantitative estimate of drug-likeness (QED) is 0.762. The smallest absolute Gasteiger partial charge is 0.168 e. The maximum Gasteiger partial charge on any atom is 0.168 e. The van der Waals surface area contributed by atoms with Gasteiger partial charge in [-0.1, -0.05) is 38.5 Å². The molecule has 0 amide bonds. The number of fused-ring (bicyclic) bond motifs is 1. The van der Waals surface area contributed by atoms with Gasteiger partial charge in [0.2, 0.25) is 0 Å². The van der Waals surface area contributed by atoms with Gasteiger partial charge >= 0.3 is 0 Å². The lowest BCUT2D eigenvalue weighted by atomic mass is 9.99. The molecule has 1 aromatic heterocycles. The van der Waals surface area contributed by atoms with Crippen LogP contribution in [-0.2, 0) is 4.74 Å². The zero-order chi connectivity index (χ0) is 19.4. The van der Waals surface area contributed by atoms with Crippen LogP contribution in [0.4, 0.5) is 0 Å². The third-order valence-corrected chi connectivity index (χ3v) is 5.04. The second kappa shape index (κ2) is 8.33. The van der Waals surface area contributed by atoms with Crippen molar-refractivity contribution in [2.45, 2.75) is 46.1 Å². The molecule has 1 unspecified atom stereocenters. The fraction of sp³-hybridized carbons (Fsp3) is 0.409. The molecule has 5 heteroatoms. The van der Waals surface area contributed by atoms with Crippen LogP contribution in [0.15, 0.2) is 58.7 Å². The first kappa shape index (κ1) is 19.1. The molecule has 1 aromatic carbocycles. The van der Waals surface area contributed by atoms with Crippen LogP contribution in [0.2, 0.25) is 0 Å². The number of para-hydroxylation sites is 2. The highest BCUT2D eigenvalue weighted by molar-refractivity contribution is 5.73. The van der Waals surface area contributed by atoms with Crippen molar-refractivity contribution in [3.8, 4) is 0 Å². The normalized spacial score (nSPS) is 19.0. The molecule has 0 fully saturated rings. The van der Waals surface area contributed by atoms with Crippen molar-refractivity contribution >= 4 is 17.8 Å². The summed E-state index contributed by atoms with van der Waals surface area (Å²) in [5.41, 5.74) is 4.09. The average Bonchev–Trinajstić information content (AvgIpc) is 2.67. The van der Waals surface area contributed by atoms with Crippen LogP contribution >= 0.6 is 0 Å². The summed E-state index contributed by atoms with van der Waals surface area (Å²) < 4.78 is 6.25. The molecule has 0 saturated carbocycles. The minimum absolute atomic E-state index is 0.0463. The highest BCUT2D eigenvalue weighted by Crippen LogP contribution is 2.26. The predicted octanol–water partition coefficient (Wildman–Crippen LogP) is 4.58. The van der Waals surface area contributed by atoms with Gasteiger partial charge < -0.3 is 10.1 Å². The molecule has 0 saturated heterocycles. The third-order valence-electron chi connectivity index (χ3n) is 5.04. The Hall–Kier alpha value is -2.69. The zero-order valence-corrected chi connectivity index (χ0v) is 16.6. The summed E-state index contributed by atoms with van der Waals surface area (Å²) in [7, 11) is 0. The maximum atomic E-state index is 6.25. The lowest BCUT2D eigenvalue weighted by Gasteiger charge is -2.29. The molecule has 2 aromatic rings. The van der Waals surface area contributed by atoms with Crippen LogP contribution in [0, 0.1) is 5.92 Å². The summed E-state index contributed by atoms with van der Waals surface area (Å²) in [6.07, 6.45) is 4.83. The van der Waals surface area contributed by atoms with Crippen LogP contribution in [0.25, 0.3) is 11.0 Å².